The van der Waals surface area contributed by atoms with Crippen LogP contribution in [0, 0.1) is 0 Å². The van der Waals surface area contributed by atoms with Gasteiger partial charge in [-0.15, -0.1) is 0 Å². The van der Waals surface area contributed by atoms with Crippen molar-refractivity contribution in [3.8, 4) is 0 Å². The lowest BCUT2D eigenvalue weighted by Crippen LogP contribution is -2.21. The largest absolute Gasteiger partial charge is 0.550 e. The molecule has 0 N–H and O–H groups in total. The summed E-state index contributed by atoms with van der Waals surface area (Å²) in [5.41, 5.74) is 0. The molecule has 0 aliphatic heterocycles. The minimum atomic E-state index is -0.913. The molecule has 13 heavy (non-hydrogen) atoms. The van der Waals surface area contributed by atoms with Gasteiger partial charge < -0.3 is 9.90 Å². The SMILES string of the molecule is CCCCCCCCCC(=O)[O-].[Al]. The van der Waals surface area contributed by atoms with Gasteiger partial charge in [-0.3, -0.25) is 0 Å². The lowest BCUT2D eigenvalue weighted by atomic mass is 10.1. The molecule has 3 radical (unpaired) electrons. The quantitative estimate of drug-likeness (QED) is 0.438. The summed E-state index contributed by atoms with van der Waals surface area (Å²) in [6.07, 6.45) is 8.34. The molecule has 0 aromatic rings. The molecular weight excluding hydrogens is 179 g/mol. The molecular formula is C10H19AlO2-. The lowest BCUT2D eigenvalue weighted by Gasteiger charge is -2.01. The van der Waals surface area contributed by atoms with Crippen molar-refractivity contribution in [3.05, 3.63) is 0 Å². The molecule has 0 fully saturated rings. The third-order valence-corrected chi connectivity index (χ3v) is 1.98. The molecule has 0 saturated carbocycles. The van der Waals surface area contributed by atoms with Crippen LogP contribution in [0.3, 0.4) is 0 Å². The van der Waals surface area contributed by atoms with Gasteiger partial charge >= 0.3 is 0 Å². The molecule has 0 aromatic heterocycles. The Bertz CT molecular complexity index is 115. The smallest absolute Gasteiger partial charge is 0.0414 e. The molecule has 0 aliphatic carbocycles. The molecule has 0 saturated heterocycles. The first-order chi connectivity index (χ1) is 5.77. The van der Waals surface area contributed by atoms with Crippen LogP contribution in [0.2, 0.25) is 0 Å². The number of hydrogen-bond acceptors (Lipinski definition) is 2. The van der Waals surface area contributed by atoms with E-state index in [-0.39, 0.29) is 23.8 Å². The van der Waals surface area contributed by atoms with Crippen LogP contribution in [0.25, 0.3) is 0 Å². The average molecular weight is 198 g/mol. The highest BCUT2D eigenvalue weighted by Gasteiger charge is 1.90. The first-order valence-corrected chi connectivity index (χ1v) is 4.97. The van der Waals surface area contributed by atoms with E-state index in [2.05, 4.69) is 6.92 Å². The van der Waals surface area contributed by atoms with Gasteiger partial charge in [0.1, 0.15) is 0 Å². The first kappa shape index (κ1) is 15.5. The maximum Gasteiger partial charge on any atom is 0.0414 e. The number of carboxylic acids is 1. The van der Waals surface area contributed by atoms with Gasteiger partial charge in [-0.1, -0.05) is 45.4 Å². The average Bonchev–Trinajstić information content (AvgIpc) is 2.02. The zero-order chi connectivity index (χ0) is 9.23. The van der Waals surface area contributed by atoms with Crippen LogP contribution in [0.4, 0.5) is 0 Å². The number of carbonyl (C=O) groups excluding carboxylic acids is 1. The molecule has 75 valence electrons. The highest BCUT2D eigenvalue weighted by molar-refractivity contribution is 5.75. The van der Waals surface area contributed by atoms with E-state index in [9.17, 15) is 9.90 Å². The highest BCUT2D eigenvalue weighted by atomic mass is 27.0. The molecule has 0 aliphatic rings. The third kappa shape index (κ3) is 14.8. The van der Waals surface area contributed by atoms with E-state index in [0.29, 0.717) is 0 Å². The summed E-state index contributed by atoms with van der Waals surface area (Å²) in [5, 5.41) is 10.0. The minimum Gasteiger partial charge on any atom is -0.550 e. The van der Waals surface area contributed by atoms with Gasteiger partial charge in [0.2, 0.25) is 0 Å². The summed E-state index contributed by atoms with van der Waals surface area (Å²) >= 11 is 0. The summed E-state index contributed by atoms with van der Waals surface area (Å²) in [6.45, 7) is 2.19. The highest BCUT2D eigenvalue weighted by Crippen LogP contribution is 2.07. The van der Waals surface area contributed by atoms with Crippen LogP contribution >= 0.6 is 0 Å². The zero-order valence-electron chi connectivity index (χ0n) is 8.55. The van der Waals surface area contributed by atoms with Crippen molar-refractivity contribution < 1.29 is 9.90 Å². The van der Waals surface area contributed by atoms with E-state index < -0.39 is 5.97 Å². The number of carbonyl (C=O) groups is 1. The van der Waals surface area contributed by atoms with Gasteiger partial charge in [0.05, 0.1) is 0 Å². The van der Waals surface area contributed by atoms with Gasteiger partial charge in [0, 0.05) is 23.3 Å². The fraction of sp³-hybridized carbons (Fsp3) is 0.900. The molecule has 2 nitrogen and oxygen atoms in total. The van der Waals surface area contributed by atoms with Crippen LogP contribution in [0.5, 0.6) is 0 Å². The van der Waals surface area contributed by atoms with Gasteiger partial charge in [-0.25, -0.2) is 0 Å². The molecule has 0 aromatic carbocycles. The van der Waals surface area contributed by atoms with Gasteiger partial charge in [-0.05, 0) is 12.8 Å². The Labute approximate surface area is 91.9 Å². The van der Waals surface area contributed by atoms with Gasteiger partial charge in [0.25, 0.3) is 0 Å². The van der Waals surface area contributed by atoms with E-state index in [0.717, 1.165) is 12.8 Å². The molecule has 0 unspecified atom stereocenters. The topological polar surface area (TPSA) is 40.1 Å². The van der Waals surface area contributed by atoms with Crippen LogP contribution in [0.15, 0.2) is 0 Å². The Morgan fingerprint density at radius 3 is 1.92 bits per heavy atom. The maximum absolute atomic E-state index is 10.0. The number of carboxylic acid groups (broad SMARTS) is 1. The standard InChI is InChI=1S/C10H20O2.Al/c1-2-3-4-5-6-7-8-9-10(11)12;/h2-9H2,1H3,(H,11,12);/p-1. The maximum atomic E-state index is 10.0. The molecule has 0 amide bonds. The van der Waals surface area contributed by atoms with Gasteiger partial charge in [-0.2, -0.15) is 0 Å². The minimum absolute atomic E-state index is 0. The summed E-state index contributed by atoms with van der Waals surface area (Å²) < 4.78 is 0. The van der Waals surface area contributed by atoms with E-state index >= 15 is 0 Å². The first-order valence-electron chi connectivity index (χ1n) is 4.97. The normalized spacial score (nSPS) is 9.31. The number of rotatable bonds is 8. The van der Waals surface area contributed by atoms with Crippen LogP contribution < -0.4 is 5.11 Å². The second kappa shape index (κ2) is 12.0. The fourth-order valence-corrected chi connectivity index (χ4v) is 1.23. The third-order valence-electron chi connectivity index (χ3n) is 1.98. The van der Waals surface area contributed by atoms with E-state index in [4.69, 9.17) is 0 Å². The predicted octanol–water partition coefficient (Wildman–Crippen LogP) is 1.50. The summed E-state index contributed by atoms with van der Waals surface area (Å²) in [6, 6.07) is 0. The van der Waals surface area contributed by atoms with Crippen LogP contribution in [-0.4, -0.2) is 23.3 Å². The summed E-state index contributed by atoms with van der Waals surface area (Å²) in [7, 11) is 0. The van der Waals surface area contributed by atoms with Crippen molar-refractivity contribution in [1.82, 2.24) is 0 Å². The predicted molar refractivity (Wildman–Crippen MR) is 53.4 cm³/mol. The fourth-order valence-electron chi connectivity index (χ4n) is 1.23. The number of hydrogen-bond donors (Lipinski definition) is 0. The number of aliphatic carboxylic acids is 1. The Hall–Kier alpha value is 0.00247. The molecule has 0 rings (SSSR count). The van der Waals surface area contributed by atoms with Crippen molar-refractivity contribution >= 4 is 23.3 Å². The van der Waals surface area contributed by atoms with Crippen molar-refractivity contribution in [2.45, 2.75) is 58.3 Å². The Morgan fingerprint density at radius 1 is 1.00 bits per heavy atom. The molecule has 3 heteroatoms. The van der Waals surface area contributed by atoms with Crippen molar-refractivity contribution in [2.24, 2.45) is 0 Å². The monoisotopic (exact) mass is 198 g/mol. The molecule has 0 heterocycles. The van der Waals surface area contributed by atoms with Crippen LogP contribution in [-0.2, 0) is 4.79 Å². The van der Waals surface area contributed by atoms with E-state index in [1.165, 1.54) is 32.1 Å². The number of unbranched alkanes of at least 4 members (excludes halogenated alkanes) is 6. The van der Waals surface area contributed by atoms with E-state index in [1.807, 2.05) is 0 Å². The second-order valence-electron chi connectivity index (χ2n) is 3.24. The molecule has 0 spiro atoms. The van der Waals surface area contributed by atoms with Crippen molar-refractivity contribution in [2.75, 3.05) is 0 Å². The zero-order valence-corrected chi connectivity index (χ0v) is 9.71. The Balaban J connectivity index is 0. The summed E-state index contributed by atoms with van der Waals surface area (Å²) in [4.78, 5) is 10.0. The van der Waals surface area contributed by atoms with E-state index in [1.54, 1.807) is 0 Å². The van der Waals surface area contributed by atoms with Gasteiger partial charge in [0.15, 0.2) is 0 Å². The van der Waals surface area contributed by atoms with Crippen LogP contribution in [0.1, 0.15) is 58.3 Å². The van der Waals surface area contributed by atoms with Crippen molar-refractivity contribution in [3.63, 3.8) is 0 Å². The molecule has 0 atom stereocenters. The summed E-state index contributed by atoms with van der Waals surface area (Å²) in [5.74, 6) is -0.913. The van der Waals surface area contributed by atoms with Crippen molar-refractivity contribution in [1.29, 1.82) is 0 Å². The second-order valence-corrected chi connectivity index (χ2v) is 3.24. The molecule has 0 bridgehead atoms. The Kier molecular flexibility index (Phi) is 14.3. The lowest BCUT2D eigenvalue weighted by molar-refractivity contribution is -0.305. The Morgan fingerprint density at radius 2 is 1.46 bits per heavy atom.